The van der Waals surface area contributed by atoms with Gasteiger partial charge in [0.25, 0.3) is 0 Å². The van der Waals surface area contributed by atoms with E-state index in [1.807, 2.05) is 30.5 Å². The average molecular weight is 645 g/mol. The fourth-order valence-electron chi connectivity index (χ4n) is 6.13. The van der Waals surface area contributed by atoms with Gasteiger partial charge in [-0.1, -0.05) is 12.6 Å². The van der Waals surface area contributed by atoms with E-state index < -0.39 is 17.6 Å². The van der Waals surface area contributed by atoms with Crippen molar-refractivity contribution in [3.63, 3.8) is 0 Å². The first-order valence-electron chi connectivity index (χ1n) is 14.5. The van der Waals surface area contributed by atoms with Crippen LogP contribution in [-0.4, -0.2) is 60.2 Å². The number of hydrogen-bond donors (Lipinski definition) is 1. The summed E-state index contributed by atoms with van der Waals surface area (Å²) in [5.74, 6) is -2.65. The summed E-state index contributed by atoms with van der Waals surface area (Å²) in [6.45, 7) is 5.77. The maximum atomic E-state index is 15.9. The minimum absolute atomic E-state index is 0.0346. The van der Waals surface area contributed by atoms with Crippen molar-refractivity contribution in [1.29, 1.82) is 0 Å². The topological polar surface area (TPSA) is 98.3 Å². The van der Waals surface area contributed by atoms with Gasteiger partial charge < -0.3 is 14.7 Å². The summed E-state index contributed by atoms with van der Waals surface area (Å²) in [6.07, 6.45) is 1.27. The second-order valence-electron chi connectivity index (χ2n) is 10.9. The molecule has 0 aliphatic carbocycles. The first-order valence-corrected chi connectivity index (χ1v) is 15.4. The Labute approximate surface area is 264 Å². The molecule has 234 valence electrons. The number of ether oxygens (including phenoxy) is 1. The van der Waals surface area contributed by atoms with Gasteiger partial charge in [0.05, 0.1) is 47.0 Å². The second kappa shape index (κ2) is 11.4. The summed E-state index contributed by atoms with van der Waals surface area (Å²) in [6, 6.07) is 10.4. The molecule has 0 fully saturated rings. The highest BCUT2D eigenvalue weighted by Gasteiger charge is 2.31. The van der Waals surface area contributed by atoms with E-state index in [2.05, 4.69) is 11.7 Å². The van der Waals surface area contributed by atoms with E-state index in [0.717, 1.165) is 17.8 Å². The first kappa shape index (κ1) is 29.7. The van der Waals surface area contributed by atoms with Gasteiger partial charge in [-0.25, -0.2) is 13.8 Å². The van der Waals surface area contributed by atoms with Crippen molar-refractivity contribution in [2.45, 2.75) is 19.5 Å². The lowest BCUT2D eigenvalue weighted by atomic mass is 9.96. The quantitative estimate of drug-likeness (QED) is 0.206. The van der Waals surface area contributed by atoms with Crippen LogP contribution in [0, 0.1) is 17.6 Å². The molecule has 0 saturated carbocycles. The number of aliphatic hydroxyl groups excluding tert-OH is 1. The Morgan fingerprint density at radius 2 is 1.91 bits per heavy atom. The molecule has 0 bridgehead atoms. The minimum atomic E-state index is -0.877. The van der Waals surface area contributed by atoms with Crippen molar-refractivity contribution in [2.75, 3.05) is 19.8 Å². The molecule has 1 unspecified atom stereocenters. The molecule has 13 heteroatoms. The van der Waals surface area contributed by atoms with Gasteiger partial charge >= 0.3 is 0 Å². The molecule has 0 saturated heterocycles. The molecule has 46 heavy (non-hydrogen) atoms. The molecule has 5 heterocycles. The smallest absolute Gasteiger partial charge is 0.246 e. The number of carbonyl (C=O) groups is 1. The molecular formula is C33H27F3N6O3S. The highest BCUT2D eigenvalue weighted by Crippen LogP contribution is 2.47. The lowest BCUT2D eigenvalue weighted by Gasteiger charge is -2.33. The average Bonchev–Trinajstić information content (AvgIpc) is 3.77. The van der Waals surface area contributed by atoms with E-state index >= 15 is 4.39 Å². The number of aryl methyl sites for hydroxylation is 1. The molecule has 1 N–H and O–H groups in total. The molecule has 1 aliphatic heterocycles. The Kier molecular flexibility index (Phi) is 7.36. The second-order valence-corrected chi connectivity index (χ2v) is 11.8. The predicted molar refractivity (Wildman–Crippen MR) is 169 cm³/mol. The molecular weight excluding hydrogens is 617 g/mol. The molecule has 1 amide bonds. The van der Waals surface area contributed by atoms with Gasteiger partial charge in [0.1, 0.15) is 35.4 Å². The number of aromatic nitrogens is 5. The van der Waals surface area contributed by atoms with Crippen LogP contribution in [-0.2, 0) is 18.4 Å². The molecule has 4 aromatic heterocycles. The van der Waals surface area contributed by atoms with Gasteiger partial charge in [-0.3, -0.25) is 14.2 Å². The Balaban J connectivity index is 1.52. The molecule has 2 aromatic carbocycles. The lowest BCUT2D eigenvalue weighted by molar-refractivity contribution is -0.129. The number of amides is 1. The third-order valence-electron chi connectivity index (χ3n) is 8.26. The summed E-state index contributed by atoms with van der Waals surface area (Å²) in [4.78, 5) is 19.3. The van der Waals surface area contributed by atoms with Gasteiger partial charge in [0.2, 0.25) is 11.9 Å². The molecule has 1 atom stereocenters. The number of thiophene rings is 1. The number of nitrogens with zero attached hydrogens (tertiary/aromatic N) is 6. The van der Waals surface area contributed by atoms with Gasteiger partial charge in [-0.05, 0) is 42.6 Å². The number of rotatable bonds is 7. The van der Waals surface area contributed by atoms with Crippen LogP contribution in [0.5, 0.6) is 5.75 Å². The number of benzene rings is 2. The summed E-state index contributed by atoms with van der Waals surface area (Å²) in [7, 11) is 1.66. The summed E-state index contributed by atoms with van der Waals surface area (Å²) >= 11 is 1.33. The number of aliphatic hydroxyl groups is 1. The van der Waals surface area contributed by atoms with E-state index in [0.29, 0.717) is 56.6 Å². The minimum Gasteiger partial charge on any atom is -0.490 e. The molecule has 1 aliphatic rings. The maximum absolute atomic E-state index is 15.9. The molecule has 7 rings (SSSR count). The Morgan fingerprint density at radius 1 is 1.09 bits per heavy atom. The predicted octanol–water partition coefficient (Wildman–Crippen LogP) is 6.26. The van der Waals surface area contributed by atoms with Crippen molar-refractivity contribution in [1.82, 2.24) is 29.4 Å². The Bertz CT molecular complexity index is 2190. The first-order chi connectivity index (χ1) is 22.2. The van der Waals surface area contributed by atoms with Gasteiger partial charge in [-0.2, -0.15) is 9.49 Å². The summed E-state index contributed by atoms with van der Waals surface area (Å²) < 4.78 is 54.8. The fraction of sp³-hybridized carbons (Fsp3) is 0.212. The van der Waals surface area contributed by atoms with Crippen molar-refractivity contribution in [3.05, 3.63) is 83.8 Å². The van der Waals surface area contributed by atoms with Gasteiger partial charge in [0, 0.05) is 46.9 Å². The van der Waals surface area contributed by atoms with Crippen LogP contribution in [0.15, 0.2) is 60.5 Å². The number of halogens is 3. The van der Waals surface area contributed by atoms with E-state index in [9.17, 15) is 18.7 Å². The lowest BCUT2D eigenvalue weighted by Crippen LogP contribution is -2.40. The van der Waals surface area contributed by atoms with E-state index in [4.69, 9.17) is 14.8 Å². The van der Waals surface area contributed by atoms with Gasteiger partial charge in [0.15, 0.2) is 0 Å². The summed E-state index contributed by atoms with van der Waals surface area (Å²) in [5.41, 5.74) is 3.43. The van der Waals surface area contributed by atoms with Crippen LogP contribution >= 0.6 is 11.3 Å². The number of fused-ring (bicyclic) bond motifs is 3. The number of carbonyl (C=O) groups excluding carboxylic acids is 1. The van der Waals surface area contributed by atoms with Gasteiger partial charge in [-0.15, -0.1) is 16.4 Å². The van der Waals surface area contributed by atoms with Crippen LogP contribution in [0.2, 0.25) is 0 Å². The third-order valence-corrected chi connectivity index (χ3v) is 9.20. The Morgan fingerprint density at radius 3 is 2.70 bits per heavy atom. The van der Waals surface area contributed by atoms with Crippen molar-refractivity contribution in [3.8, 4) is 39.5 Å². The van der Waals surface area contributed by atoms with Crippen LogP contribution in [0.3, 0.4) is 0 Å². The zero-order chi connectivity index (χ0) is 32.3. The molecule has 0 radical (unpaired) electrons. The highest BCUT2D eigenvalue weighted by atomic mass is 32.1. The van der Waals surface area contributed by atoms with Crippen LogP contribution in [0.1, 0.15) is 18.7 Å². The summed E-state index contributed by atoms with van der Waals surface area (Å²) in [5, 5.41) is 21.0. The third kappa shape index (κ3) is 4.74. The number of pyridine rings is 1. The largest absolute Gasteiger partial charge is 0.490 e. The SMILES string of the molecule is C=CC(=O)N1CCn2nc(-c3nc(-c4ccc5c(c4)c(F)nn5C)c4ccsc4c3-c3c(F)cc(F)cc3OCCO)cc2C1C. The van der Waals surface area contributed by atoms with E-state index in [1.165, 1.54) is 22.1 Å². The standard InChI is InChI=1S/C33H27F3N6O3S/c1-4-27(44)41-8-9-42-25(17(41)2)16-23(38-42)31-29(28-22(35)14-19(34)15-26(28)45-11-10-43)32-20(7-12-46-32)30(37-31)18-5-6-24-21(13-18)33(36)39-40(24)3/h4-7,12-17,43H,1,8-11H2,2-3H3. The number of hydrogen-bond acceptors (Lipinski definition) is 7. The zero-order valence-corrected chi connectivity index (χ0v) is 25.6. The van der Waals surface area contributed by atoms with E-state index in [-0.39, 0.29) is 42.2 Å². The van der Waals surface area contributed by atoms with Crippen molar-refractivity contribution in [2.24, 2.45) is 7.05 Å². The molecule has 6 aromatic rings. The zero-order valence-electron chi connectivity index (χ0n) is 24.8. The highest BCUT2D eigenvalue weighted by molar-refractivity contribution is 7.18. The van der Waals surface area contributed by atoms with Crippen LogP contribution < -0.4 is 4.74 Å². The Hall–Kier alpha value is -5.01. The normalized spacial score (nSPS) is 14.7. The van der Waals surface area contributed by atoms with E-state index in [1.54, 1.807) is 28.8 Å². The van der Waals surface area contributed by atoms with Crippen molar-refractivity contribution < 1.29 is 27.8 Å². The molecule has 9 nitrogen and oxygen atoms in total. The monoisotopic (exact) mass is 644 g/mol. The molecule has 0 spiro atoms. The van der Waals surface area contributed by atoms with Crippen LogP contribution in [0.4, 0.5) is 13.2 Å². The maximum Gasteiger partial charge on any atom is 0.246 e. The fourth-order valence-corrected chi connectivity index (χ4v) is 7.08. The van der Waals surface area contributed by atoms with Crippen molar-refractivity contribution >= 4 is 38.2 Å². The van der Waals surface area contributed by atoms with Crippen LogP contribution in [0.25, 0.3) is 54.8 Å².